The maximum Gasteiger partial charge on any atom is 0.241 e. The fourth-order valence-corrected chi connectivity index (χ4v) is 3.93. The third-order valence-corrected chi connectivity index (χ3v) is 5.21. The fourth-order valence-electron chi connectivity index (χ4n) is 2.74. The van der Waals surface area contributed by atoms with Crippen molar-refractivity contribution in [3.05, 3.63) is 10.6 Å². The molecule has 104 valence electrons. The van der Waals surface area contributed by atoms with Crippen LogP contribution in [0.15, 0.2) is 0 Å². The molecule has 0 saturated carbocycles. The Morgan fingerprint density at radius 2 is 2.26 bits per heavy atom. The first-order valence-corrected chi connectivity index (χ1v) is 7.66. The van der Waals surface area contributed by atoms with E-state index in [0.717, 1.165) is 31.1 Å². The van der Waals surface area contributed by atoms with Crippen molar-refractivity contribution in [1.82, 2.24) is 15.2 Å². The molecule has 2 aliphatic rings. The van der Waals surface area contributed by atoms with E-state index < -0.39 is 0 Å². The van der Waals surface area contributed by atoms with Crippen molar-refractivity contribution in [3.8, 4) is 0 Å². The number of likely N-dealkylation sites (N-methyl/N-ethyl adjacent to an activating group) is 1. The molecule has 1 saturated heterocycles. The molecule has 1 amide bonds. The SMILES string of the molecule is CNC1CCCc2sc(N3CCN(C)C(=O)C3)nc21. The van der Waals surface area contributed by atoms with Crippen LogP contribution in [0.3, 0.4) is 0 Å². The largest absolute Gasteiger partial charge is 0.342 e. The van der Waals surface area contributed by atoms with Crippen LogP contribution in [0.25, 0.3) is 0 Å². The number of carbonyl (C=O) groups is 1. The van der Waals surface area contributed by atoms with Gasteiger partial charge in [0.1, 0.15) is 0 Å². The second-order valence-electron chi connectivity index (χ2n) is 5.28. The van der Waals surface area contributed by atoms with Crippen LogP contribution in [0.4, 0.5) is 5.13 Å². The van der Waals surface area contributed by atoms with Crippen molar-refractivity contribution in [1.29, 1.82) is 0 Å². The van der Waals surface area contributed by atoms with Gasteiger partial charge >= 0.3 is 0 Å². The van der Waals surface area contributed by atoms with E-state index in [1.165, 1.54) is 17.0 Å². The average molecular weight is 280 g/mol. The van der Waals surface area contributed by atoms with Crippen molar-refractivity contribution in [2.24, 2.45) is 0 Å². The lowest BCUT2D eigenvalue weighted by Gasteiger charge is -2.31. The Morgan fingerprint density at radius 1 is 1.42 bits per heavy atom. The van der Waals surface area contributed by atoms with E-state index in [0.29, 0.717) is 12.6 Å². The number of nitrogens with zero attached hydrogens (tertiary/aromatic N) is 3. The number of fused-ring (bicyclic) bond motifs is 1. The average Bonchev–Trinajstić information content (AvgIpc) is 2.85. The van der Waals surface area contributed by atoms with E-state index >= 15 is 0 Å². The van der Waals surface area contributed by atoms with Gasteiger partial charge in [0.25, 0.3) is 0 Å². The monoisotopic (exact) mass is 280 g/mol. The molecular weight excluding hydrogens is 260 g/mol. The number of amides is 1. The number of anilines is 1. The van der Waals surface area contributed by atoms with Crippen LogP contribution >= 0.6 is 11.3 Å². The molecule has 5 nitrogen and oxygen atoms in total. The predicted octanol–water partition coefficient (Wildman–Crippen LogP) is 1.02. The number of thiazole rings is 1. The third kappa shape index (κ3) is 2.34. The maximum atomic E-state index is 11.8. The molecule has 1 aliphatic carbocycles. The van der Waals surface area contributed by atoms with Crippen LogP contribution < -0.4 is 10.2 Å². The number of hydrogen-bond acceptors (Lipinski definition) is 5. The highest BCUT2D eigenvalue weighted by Crippen LogP contribution is 2.36. The number of aryl methyl sites for hydroxylation is 1. The molecule has 1 atom stereocenters. The first kappa shape index (κ1) is 12.9. The number of nitrogens with one attached hydrogen (secondary N) is 1. The Morgan fingerprint density at radius 3 is 3.00 bits per heavy atom. The summed E-state index contributed by atoms with van der Waals surface area (Å²) in [6.45, 7) is 2.14. The number of rotatable bonds is 2. The number of carbonyl (C=O) groups excluding carboxylic acids is 1. The molecule has 1 fully saturated rings. The highest BCUT2D eigenvalue weighted by Gasteiger charge is 2.28. The molecule has 1 aromatic heterocycles. The normalized spacial score (nSPS) is 23.7. The summed E-state index contributed by atoms with van der Waals surface area (Å²) < 4.78 is 0. The molecule has 1 aliphatic heterocycles. The lowest BCUT2D eigenvalue weighted by molar-refractivity contribution is -0.129. The quantitative estimate of drug-likeness (QED) is 0.878. The Bertz CT molecular complexity index is 487. The Kier molecular flexibility index (Phi) is 3.45. The fraction of sp³-hybridized carbons (Fsp3) is 0.692. The Hall–Kier alpha value is -1.14. The summed E-state index contributed by atoms with van der Waals surface area (Å²) in [5, 5.41) is 4.36. The van der Waals surface area contributed by atoms with Crippen molar-refractivity contribution in [3.63, 3.8) is 0 Å². The van der Waals surface area contributed by atoms with E-state index in [2.05, 4.69) is 10.2 Å². The van der Waals surface area contributed by atoms with Gasteiger partial charge in [-0.1, -0.05) is 0 Å². The van der Waals surface area contributed by atoms with Gasteiger partial charge in [0, 0.05) is 25.0 Å². The zero-order valence-corrected chi connectivity index (χ0v) is 12.3. The van der Waals surface area contributed by atoms with Gasteiger partial charge in [-0.05, 0) is 26.3 Å². The Balaban J connectivity index is 1.83. The van der Waals surface area contributed by atoms with Crippen molar-refractivity contribution in [2.75, 3.05) is 38.6 Å². The molecule has 0 aromatic carbocycles. The zero-order chi connectivity index (χ0) is 13.4. The molecule has 0 radical (unpaired) electrons. The summed E-state index contributed by atoms with van der Waals surface area (Å²) in [6, 6.07) is 0.386. The molecule has 2 heterocycles. The smallest absolute Gasteiger partial charge is 0.241 e. The van der Waals surface area contributed by atoms with Gasteiger partial charge in [-0.2, -0.15) is 0 Å². The summed E-state index contributed by atoms with van der Waals surface area (Å²) >= 11 is 1.77. The second kappa shape index (κ2) is 5.09. The van der Waals surface area contributed by atoms with Crippen LogP contribution in [0, 0.1) is 0 Å². The number of piperazine rings is 1. The minimum atomic E-state index is 0.185. The Labute approximate surface area is 117 Å². The highest BCUT2D eigenvalue weighted by atomic mass is 32.1. The molecule has 3 rings (SSSR count). The van der Waals surface area contributed by atoms with Crippen LogP contribution in [0.1, 0.15) is 29.5 Å². The third-order valence-electron chi connectivity index (χ3n) is 4.02. The molecule has 6 heteroatoms. The van der Waals surface area contributed by atoms with Crippen molar-refractivity contribution in [2.45, 2.75) is 25.3 Å². The topological polar surface area (TPSA) is 48.5 Å². The molecule has 0 spiro atoms. The van der Waals surface area contributed by atoms with Gasteiger partial charge < -0.3 is 15.1 Å². The minimum absolute atomic E-state index is 0.185. The van der Waals surface area contributed by atoms with Gasteiger partial charge in [-0.15, -0.1) is 11.3 Å². The van der Waals surface area contributed by atoms with Gasteiger partial charge in [-0.25, -0.2) is 4.98 Å². The van der Waals surface area contributed by atoms with Crippen LogP contribution in [0.2, 0.25) is 0 Å². The zero-order valence-electron chi connectivity index (χ0n) is 11.5. The lowest BCUT2D eigenvalue weighted by atomic mass is 9.98. The van der Waals surface area contributed by atoms with E-state index in [1.807, 2.05) is 14.1 Å². The van der Waals surface area contributed by atoms with Gasteiger partial charge in [0.2, 0.25) is 5.91 Å². The molecular formula is C13H20N4OS. The van der Waals surface area contributed by atoms with Crippen LogP contribution in [-0.2, 0) is 11.2 Å². The van der Waals surface area contributed by atoms with E-state index in [4.69, 9.17) is 4.98 Å². The first-order chi connectivity index (χ1) is 9.19. The van der Waals surface area contributed by atoms with E-state index in [-0.39, 0.29) is 5.91 Å². The summed E-state index contributed by atoms with van der Waals surface area (Å²) in [4.78, 5) is 21.9. The molecule has 0 bridgehead atoms. The molecule has 19 heavy (non-hydrogen) atoms. The first-order valence-electron chi connectivity index (χ1n) is 6.85. The molecule has 1 N–H and O–H groups in total. The van der Waals surface area contributed by atoms with Crippen LogP contribution in [0.5, 0.6) is 0 Å². The number of aromatic nitrogens is 1. The highest BCUT2D eigenvalue weighted by molar-refractivity contribution is 7.15. The van der Waals surface area contributed by atoms with Gasteiger partial charge in [0.15, 0.2) is 5.13 Å². The van der Waals surface area contributed by atoms with Gasteiger partial charge in [-0.3, -0.25) is 4.79 Å². The summed E-state index contributed by atoms with van der Waals surface area (Å²) in [5.41, 5.74) is 1.21. The van der Waals surface area contributed by atoms with Crippen molar-refractivity contribution < 1.29 is 4.79 Å². The molecule has 1 unspecified atom stereocenters. The van der Waals surface area contributed by atoms with Crippen LogP contribution in [-0.4, -0.2) is 49.5 Å². The standard InChI is InChI=1S/C13H20N4OS/c1-14-9-4-3-5-10-12(9)15-13(19-10)17-7-6-16(2)11(18)8-17/h9,14H,3-8H2,1-2H3. The molecule has 1 aromatic rings. The minimum Gasteiger partial charge on any atom is -0.342 e. The maximum absolute atomic E-state index is 11.8. The van der Waals surface area contributed by atoms with E-state index in [9.17, 15) is 4.79 Å². The summed E-state index contributed by atoms with van der Waals surface area (Å²) in [5.74, 6) is 0.185. The lowest BCUT2D eigenvalue weighted by Crippen LogP contribution is -2.48. The predicted molar refractivity (Wildman–Crippen MR) is 76.7 cm³/mol. The summed E-state index contributed by atoms with van der Waals surface area (Å²) in [6.07, 6.45) is 3.52. The van der Waals surface area contributed by atoms with E-state index in [1.54, 1.807) is 16.2 Å². The number of hydrogen-bond donors (Lipinski definition) is 1. The second-order valence-corrected chi connectivity index (χ2v) is 6.34. The summed E-state index contributed by atoms with van der Waals surface area (Å²) in [7, 11) is 3.86. The van der Waals surface area contributed by atoms with Gasteiger partial charge in [0.05, 0.1) is 18.3 Å². The van der Waals surface area contributed by atoms with Crippen molar-refractivity contribution >= 4 is 22.4 Å².